The molecule has 0 aromatic carbocycles. The van der Waals surface area contributed by atoms with Gasteiger partial charge in [-0.1, -0.05) is 0 Å². The molecule has 0 bridgehead atoms. The highest BCUT2D eigenvalue weighted by atomic mass is 16.3. The molecule has 0 aliphatic carbocycles. The van der Waals surface area contributed by atoms with Crippen LogP contribution in [0.1, 0.15) is 32.1 Å². The first kappa shape index (κ1) is 11.5. The van der Waals surface area contributed by atoms with Gasteiger partial charge in [0.2, 0.25) is 5.91 Å². The van der Waals surface area contributed by atoms with Crippen LogP contribution in [0.15, 0.2) is 0 Å². The zero-order valence-electron chi connectivity index (χ0n) is 8.48. The van der Waals surface area contributed by atoms with Gasteiger partial charge in [0.25, 0.3) is 0 Å². The number of unbranched alkanes of at least 4 members (excludes halogenated alkanes) is 1. The van der Waals surface area contributed by atoms with E-state index < -0.39 is 0 Å². The van der Waals surface area contributed by atoms with Crippen LogP contribution in [0.5, 0.6) is 0 Å². The van der Waals surface area contributed by atoms with Crippen molar-refractivity contribution in [3.63, 3.8) is 0 Å². The predicted octanol–water partition coefficient (Wildman–Crippen LogP) is 0.132. The molecule has 1 amide bonds. The van der Waals surface area contributed by atoms with E-state index in [1.807, 2.05) is 0 Å². The Morgan fingerprint density at radius 2 is 2.14 bits per heavy atom. The molecule has 0 aromatic rings. The minimum Gasteiger partial charge on any atom is -0.396 e. The third kappa shape index (κ3) is 2.96. The fraction of sp³-hybridized carbons (Fsp3) is 0.900. The number of aliphatic hydroxyl groups excluding tert-OH is 2. The lowest BCUT2D eigenvalue weighted by molar-refractivity contribution is -0.132. The minimum absolute atomic E-state index is 0.0385. The van der Waals surface area contributed by atoms with Crippen molar-refractivity contribution >= 4 is 5.91 Å². The zero-order chi connectivity index (χ0) is 10.4. The molecule has 4 nitrogen and oxygen atoms in total. The van der Waals surface area contributed by atoms with Gasteiger partial charge in [0.05, 0.1) is 12.6 Å². The van der Waals surface area contributed by atoms with Gasteiger partial charge >= 0.3 is 0 Å². The standard InChI is InChI=1S/C10H19NO3/c12-7-2-1-5-10(14)11-6-3-4-9(11)8-13/h9,12-13H,1-8H2/t9-/m0/s1. The third-order valence-electron chi connectivity index (χ3n) is 2.71. The summed E-state index contributed by atoms with van der Waals surface area (Å²) in [6.45, 7) is 1.01. The maximum atomic E-state index is 11.6. The van der Waals surface area contributed by atoms with Gasteiger partial charge in [-0.05, 0) is 25.7 Å². The summed E-state index contributed by atoms with van der Waals surface area (Å²) in [4.78, 5) is 13.4. The molecule has 1 aliphatic rings. The number of nitrogens with zero attached hydrogens (tertiary/aromatic N) is 1. The molecule has 0 saturated carbocycles. The van der Waals surface area contributed by atoms with E-state index in [0.717, 1.165) is 25.8 Å². The van der Waals surface area contributed by atoms with Gasteiger partial charge in [0.15, 0.2) is 0 Å². The summed E-state index contributed by atoms with van der Waals surface area (Å²) in [6.07, 6.45) is 3.84. The van der Waals surface area contributed by atoms with Crippen LogP contribution in [-0.2, 0) is 4.79 Å². The van der Waals surface area contributed by atoms with E-state index >= 15 is 0 Å². The second kappa shape index (κ2) is 5.98. The third-order valence-corrected chi connectivity index (χ3v) is 2.71. The molecular weight excluding hydrogens is 182 g/mol. The Kier molecular flexibility index (Phi) is 4.90. The number of hydrogen-bond donors (Lipinski definition) is 2. The quantitative estimate of drug-likeness (QED) is 0.622. The van der Waals surface area contributed by atoms with Crippen LogP contribution < -0.4 is 0 Å². The van der Waals surface area contributed by atoms with Gasteiger partial charge in [-0.2, -0.15) is 0 Å². The van der Waals surface area contributed by atoms with Crippen molar-refractivity contribution in [2.45, 2.75) is 38.1 Å². The molecule has 14 heavy (non-hydrogen) atoms. The van der Waals surface area contributed by atoms with Crippen LogP contribution in [-0.4, -0.2) is 46.8 Å². The summed E-state index contributed by atoms with van der Waals surface area (Å²) in [7, 11) is 0. The molecule has 4 heteroatoms. The normalized spacial score (nSPS) is 21.6. The lowest BCUT2D eigenvalue weighted by Gasteiger charge is -2.22. The second-order valence-electron chi connectivity index (χ2n) is 3.75. The van der Waals surface area contributed by atoms with E-state index in [-0.39, 0.29) is 25.2 Å². The van der Waals surface area contributed by atoms with Crippen molar-refractivity contribution in [1.82, 2.24) is 4.90 Å². The number of carbonyl (C=O) groups excluding carboxylic acids is 1. The maximum absolute atomic E-state index is 11.6. The number of hydrogen-bond acceptors (Lipinski definition) is 3. The second-order valence-corrected chi connectivity index (χ2v) is 3.75. The number of carbonyl (C=O) groups is 1. The largest absolute Gasteiger partial charge is 0.396 e. The van der Waals surface area contributed by atoms with E-state index in [0.29, 0.717) is 12.8 Å². The zero-order valence-corrected chi connectivity index (χ0v) is 8.48. The first-order valence-electron chi connectivity index (χ1n) is 5.30. The Morgan fingerprint density at radius 3 is 2.79 bits per heavy atom. The van der Waals surface area contributed by atoms with Crippen LogP contribution in [0.2, 0.25) is 0 Å². The highest BCUT2D eigenvalue weighted by Crippen LogP contribution is 2.18. The van der Waals surface area contributed by atoms with E-state index in [9.17, 15) is 4.79 Å². The van der Waals surface area contributed by atoms with Crippen LogP contribution in [0, 0.1) is 0 Å². The smallest absolute Gasteiger partial charge is 0.222 e. The van der Waals surface area contributed by atoms with Crippen LogP contribution in [0.4, 0.5) is 0 Å². The molecule has 0 radical (unpaired) electrons. The summed E-state index contributed by atoms with van der Waals surface area (Å²) in [5.74, 6) is 0.120. The Morgan fingerprint density at radius 1 is 1.36 bits per heavy atom. The summed E-state index contributed by atoms with van der Waals surface area (Å²) in [5.41, 5.74) is 0. The average molecular weight is 201 g/mol. The highest BCUT2D eigenvalue weighted by molar-refractivity contribution is 5.76. The van der Waals surface area contributed by atoms with E-state index in [2.05, 4.69) is 0 Å². The first-order valence-corrected chi connectivity index (χ1v) is 5.30. The SMILES string of the molecule is O=C(CCCCO)N1CCC[C@H]1CO. The predicted molar refractivity (Wildman–Crippen MR) is 52.8 cm³/mol. The summed E-state index contributed by atoms with van der Waals surface area (Å²) < 4.78 is 0. The molecule has 1 atom stereocenters. The van der Waals surface area contributed by atoms with Gasteiger partial charge in [0, 0.05) is 19.6 Å². The lowest BCUT2D eigenvalue weighted by Crippen LogP contribution is -2.37. The van der Waals surface area contributed by atoms with Gasteiger partial charge in [-0.3, -0.25) is 4.79 Å². The van der Waals surface area contributed by atoms with Crippen molar-refractivity contribution in [2.75, 3.05) is 19.8 Å². The van der Waals surface area contributed by atoms with Gasteiger partial charge in [-0.15, -0.1) is 0 Å². The Labute approximate surface area is 84.5 Å². The van der Waals surface area contributed by atoms with E-state index in [4.69, 9.17) is 10.2 Å². The van der Waals surface area contributed by atoms with Crippen molar-refractivity contribution in [3.8, 4) is 0 Å². The maximum Gasteiger partial charge on any atom is 0.222 e. The highest BCUT2D eigenvalue weighted by Gasteiger charge is 2.27. The Balaban J connectivity index is 2.28. The molecule has 1 rings (SSSR count). The van der Waals surface area contributed by atoms with Crippen molar-refractivity contribution in [1.29, 1.82) is 0 Å². The Bertz CT molecular complexity index is 184. The molecule has 0 spiro atoms. The molecule has 0 unspecified atom stereocenters. The molecule has 1 saturated heterocycles. The van der Waals surface area contributed by atoms with E-state index in [1.165, 1.54) is 0 Å². The lowest BCUT2D eigenvalue weighted by atomic mass is 10.2. The van der Waals surface area contributed by atoms with Crippen molar-refractivity contribution in [3.05, 3.63) is 0 Å². The molecule has 82 valence electrons. The monoisotopic (exact) mass is 201 g/mol. The number of rotatable bonds is 5. The van der Waals surface area contributed by atoms with Crippen molar-refractivity contribution in [2.24, 2.45) is 0 Å². The topological polar surface area (TPSA) is 60.8 Å². The van der Waals surface area contributed by atoms with Crippen LogP contribution in [0.3, 0.4) is 0 Å². The Hall–Kier alpha value is -0.610. The molecule has 1 heterocycles. The fourth-order valence-electron chi connectivity index (χ4n) is 1.89. The van der Waals surface area contributed by atoms with Crippen molar-refractivity contribution < 1.29 is 15.0 Å². The van der Waals surface area contributed by atoms with Gasteiger partial charge < -0.3 is 15.1 Å². The summed E-state index contributed by atoms with van der Waals surface area (Å²) >= 11 is 0. The molecule has 1 fully saturated rings. The van der Waals surface area contributed by atoms with Crippen LogP contribution >= 0.6 is 0 Å². The molecular formula is C10H19NO3. The fourth-order valence-corrected chi connectivity index (χ4v) is 1.89. The number of amides is 1. The van der Waals surface area contributed by atoms with Gasteiger partial charge in [0.1, 0.15) is 0 Å². The molecule has 1 aliphatic heterocycles. The first-order chi connectivity index (χ1) is 6.79. The summed E-state index contributed by atoms with van der Waals surface area (Å²) in [6, 6.07) is 0.0385. The number of aliphatic hydroxyl groups is 2. The van der Waals surface area contributed by atoms with Crippen LogP contribution in [0.25, 0.3) is 0 Å². The molecule has 2 N–H and O–H groups in total. The number of likely N-dealkylation sites (tertiary alicyclic amines) is 1. The van der Waals surface area contributed by atoms with E-state index in [1.54, 1.807) is 4.90 Å². The van der Waals surface area contributed by atoms with Gasteiger partial charge in [-0.25, -0.2) is 0 Å². The average Bonchev–Trinajstić information content (AvgIpc) is 2.65. The summed E-state index contributed by atoms with van der Waals surface area (Å²) in [5, 5.41) is 17.6. The molecule has 0 aromatic heterocycles. The minimum atomic E-state index is 0.0385.